The number of nitrogens with zero attached hydrogens (tertiary/aromatic N) is 1. The van der Waals surface area contributed by atoms with E-state index in [1.54, 1.807) is 7.11 Å². The smallest absolute Gasteiger partial charge is 0.122 e. The zero-order chi connectivity index (χ0) is 14.8. The molecule has 0 bridgehead atoms. The van der Waals surface area contributed by atoms with Crippen molar-refractivity contribution in [1.29, 1.82) is 0 Å². The van der Waals surface area contributed by atoms with Gasteiger partial charge in [-0.25, -0.2) is 0 Å². The molecule has 0 amide bonds. The van der Waals surface area contributed by atoms with Crippen LogP contribution in [0.1, 0.15) is 30.5 Å². The third-order valence-electron chi connectivity index (χ3n) is 4.37. The Morgan fingerprint density at radius 1 is 1.15 bits per heavy atom. The van der Waals surface area contributed by atoms with Crippen LogP contribution in [0.5, 0.6) is 5.75 Å². The van der Waals surface area contributed by atoms with Crippen molar-refractivity contribution in [3.63, 3.8) is 0 Å². The molecule has 1 aromatic rings. The third-order valence-corrected chi connectivity index (χ3v) is 4.37. The summed E-state index contributed by atoms with van der Waals surface area (Å²) in [5.74, 6) is 1.02. The lowest BCUT2D eigenvalue weighted by Crippen LogP contribution is -2.48. The van der Waals surface area contributed by atoms with Crippen LogP contribution in [0, 0.1) is 13.8 Å². The first kappa shape index (κ1) is 15.3. The SMILES string of the molecule is COc1cc(C)c(C)cc1C(C)(C)CN1CCNCC1. The number of piperazine rings is 1. The minimum atomic E-state index is 0.0984. The van der Waals surface area contributed by atoms with Crippen molar-refractivity contribution >= 4 is 0 Å². The molecule has 2 rings (SSSR count). The number of hydrogen-bond donors (Lipinski definition) is 1. The van der Waals surface area contributed by atoms with E-state index in [0.717, 1.165) is 38.5 Å². The van der Waals surface area contributed by atoms with Gasteiger partial charge in [0.2, 0.25) is 0 Å². The van der Waals surface area contributed by atoms with Gasteiger partial charge in [-0.3, -0.25) is 4.90 Å². The highest BCUT2D eigenvalue weighted by Gasteiger charge is 2.28. The summed E-state index contributed by atoms with van der Waals surface area (Å²) in [7, 11) is 1.77. The van der Waals surface area contributed by atoms with E-state index in [9.17, 15) is 0 Å². The standard InChI is InChI=1S/C17H28N2O/c1-13-10-15(16(20-5)11-14(13)2)17(3,4)12-19-8-6-18-7-9-19/h10-11,18H,6-9,12H2,1-5H3. The van der Waals surface area contributed by atoms with E-state index in [4.69, 9.17) is 4.74 Å². The Morgan fingerprint density at radius 3 is 2.35 bits per heavy atom. The normalized spacial score (nSPS) is 17.2. The highest BCUT2D eigenvalue weighted by Crippen LogP contribution is 2.34. The lowest BCUT2D eigenvalue weighted by Gasteiger charge is -2.36. The molecule has 0 saturated carbocycles. The van der Waals surface area contributed by atoms with Crippen molar-refractivity contribution in [2.75, 3.05) is 39.8 Å². The van der Waals surface area contributed by atoms with E-state index < -0.39 is 0 Å². The van der Waals surface area contributed by atoms with Crippen LogP contribution < -0.4 is 10.1 Å². The first-order valence-corrected chi connectivity index (χ1v) is 7.53. The van der Waals surface area contributed by atoms with Crippen molar-refractivity contribution in [2.45, 2.75) is 33.1 Å². The molecule has 1 aliphatic heterocycles. The third kappa shape index (κ3) is 3.33. The van der Waals surface area contributed by atoms with Gasteiger partial charge in [-0.1, -0.05) is 19.9 Å². The van der Waals surface area contributed by atoms with Crippen molar-refractivity contribution in [3.8, 4) is 5.75 Å². The van der Waals surface area contributed by atoms with E-state index in [1.807, 2.05) is 0 Å². The highest BCUT2D eigenvalue weighted by molar-refractivity contribution is 5.45. The molecule has 20 heavy (non-hydrogen) atoms. The molecule has 0 aromatic heterocycles. The summed E-state index contributed by atoms with van der Waals surface area (Å²) in [6, 6.07) is 4.47. The van der Waals surface area contributed by atoms with Crippen LogP contribution in [0.3, 0.4) is 0 Å². The fourth-order valence-corrected chi connectivity index (χ4v) is 3.00. The van der Waals surface area contributed by atoms with Crippen LogP contribution >= 0.6 is 0 Å². The number of benzene rings is 1. The second-order valence-electron chi connectivity index (χ2n) is 6.55. The van der Waals surface area contributed by atoms with Crippen molar-refractivity contribution in [2.24, 2.45) is 0 Å². The molecule has 1 heterocycles. The maximum Gasteiger partial charge on any atom is 0.122 e. The van der Waals surface area contributed by atoms with Crippen molar-refractivity contribution < 1.29 is 4.74 Å². The summed E-state index contributed by atoms with van der Waals surface area (Å²) in [6.45, 7) is 14.5. The van der Waals surface area contributed by atoms with Crippen molar-refractivity contribution in [1.82, 2.24) is 10.2 Å². The van der Waals surface area contributed by atoms with Crippen LogP contribution in [0.15, 0.2) is 12.1 Å². The second-order valence-corrected chi connectivity index (χ2v) is 6.55. The molecule has 1 N–H and O–H groups in total. The van der Waals surface area contributed by atoms with Gasteiger partial charge in [0.05, 0.1) is 7.11 Å². The number of methoxy groups -OCH3 is 1. The second kappa shape index (κ2) is 6.15. The lowest BCUT2D eigenvalue weighted by atomic mass is 9.81. The zero-order valence-electron chi connectivity index (χ0n) is 13.5. The largest absolute Gasteiger partial charge is 0.496 e. The Labute approximate surface area is 123 Å². The zero-order valence-corrected chi connectivity index (χ0v) is 13.5. The monoisotopic (exact) mass is 276 g/mol. The summed E-state index contributed by atoms with van der Waals surface area (Å²) in [4.78, 5) is 2.55. The predicted molar refractivity (Wildman–Crippen MR) is 84.8 cm³/mol. The molecule has 3 heteroatoms. The summed E-state index contributed by atoms with van der Waals surface area (Å²) in [6.07, 6.45) is 0. The number of ether oxygens (including phenoxy) is 1. The maximum atomic E-state index is 5.63. The molecule has 0 aliphatic carbocycles. The Bertz CT molecular complexity index is 462. The minimum absolute atomic E-state index is 0.0984. The van der Waals surface area contributed by atoms with E-state index in [1.165, 1.54) is 16.7 Å². The van der Waals surface area contributed by atoms with Gasteiger partial charge < -0.3 is 10.1 Å². The van der Waals surface area contributed by atoms with Gasteiger partial charge in [0.25, 0.3) is 0 Å². The molecular weight excluding hydrogens is 248 g/mol. The molecular formula is C17H28N2O. The topological polar surface area (TPSA) is 24.5 Å². The maximum absolute atomic E-state index is 5.63. The Balaban J connectivity index is 2.25. The number of nitrogens with one attached hydrogen (secondary N) is 1. The average molecular weight is 276 g/mol. The number of aryl methyl sites for hydroxylation is 2. The lowest BCUT2D eigenvalue weighted by molar-refractivity contribution is 0.198. The number of rotatable bonds is 4. The van der Waals surface area contributed by atoms with Gasteiger partial charge in [-0.05, 0) is 31.0 Å². The minimum Gasteiger partial charge on any atom is -0.496 e. The molecule has 1 saturated heterocycles. The van der Waals surface area contributed by atoms with Crippen LogP contribution in [-0.2, 0) is 5.41 Å². The fourth-order valence-electron chi connectivity index (χ4n) is 3.00. The Morgan fingerprint density at radius 2 is 1.75 bits per heavy atom. The Kier molecular flexibility index (Phi) is 4.71. The summed E-state index contributed by atoms with van der Waals surface area (Å²) in [5.41, 5.74) is 4.06. The quantitative estimate of drug-likeness (QED) is 0.914. The highest BCUT2D eigenvalue weighted by atomic mass is 16.5. The Hall–Kier alpha value is -1.06. The summed E-state index contributed by atoms with van der Waals surface area (Å²) in [5, 5.41) is 3.41. The molecule has 1 aromatic carbocycles. The van der Waals surface area contributed by atoms with E-state index in [-0.39, 0.29) is 5.41 Å². The van der Waals surface area contributed by atoms with E-state index >= 15 is 0 Å². The molecule has 3 nitrogen and oxygen atoms in total. The van der Waals surface area contributed by atoms with Gasteiger partial charge in [-0.2, -0.15) is 0 Å². The fraction of sp³-hybridized carbons (Fsp3) is 0.647. The van der Waals surface area contributed by atoms with Gasteiger partial charge >= 0.3 is 0 Å². The average Bonchev–Trinajstić information content (AvgIpc) is 2.42. The van der Waals surface area contributed by atoms with Crippen LogP contribution in [0.25, 0.3) is 0 Å². The predicted octanol–water partition coefficient (Wildman–Crippen LogP) is 2.49. The molecule has 1 aliphatic rings. The van der Waals surface area contributed by atoms with Gasteiger partial charge in [0.15, 0.2) is 0 Å². The van der Waals surface area contributed by atoms with Gasteiger partial charge in [0, 0.05) is 43.7 Å². The van der Waals surface area contributed by atoms with Crippen LogP contribution in [0.2, 0.25) is 0 Å². The van der Waals surface area contributed by atoms with E-state index in [2.05, 4.69) is 50.0 Å². The molecule has 0 radical (unpaired) electrons. The first-order valence-electron chi connectivity index (χ1n) is 7.53. The molecule has 0 spiro atoms. The van der Waals surface area contributed by atoms with Crippen LogP contribution in [0.4, 0.5) is 0 Å². The van der Waals surface area contributed by atoms with Gasteiger partial charge in [-0.15, -0.1) is 0 Å². The van der Waals surface area contributed by atoms with E-state index in [0.29, 0.717) is 0 Å². The summed E-state index contributed by atoms with van der Waals surface area (Å²) >= 11 is 0. The van der Waals surface area contributed by atoms with Gasteiger partial charge in [0.1, 0.15) is 5.75 Å². The summed E-state index contributed by atoms with van der Waals surface area (Å²) < 4.78 is 5.63. The molecule has 1 fully saturated rings. The molecule has 0 unspecified atom stereocenters. The van der Waals surface area contributed by atoms with Crippen LogP contribution in [-0.4, -0.2) is 44.7 Å². The number of hydrogen-bond acceptors (Lipinski definition) is 3. The first-order chi connectivity index (χ1) is 9.44. The molecule has 112 valence electrons. The molecule has 0 atom stereocenters. The van der Waals surface area contributed by atoms with Crippen molar-refractivity contribution in [3.05, 3.63) is 28.8 Å².